The maximum Gasteiger partial charge on any atom is 0.307 e. The van der Waals surface area contributed by atoms with E-state index in [2.05, 4.69) is 9.88 Å². The Morgan fingerprint density at radius 2 is 2.29 bits per heavy atom. The molecule has 0 radical (unpaired) electrons. The Bertz CT molecular complexity index is 547. The van der Waals surface area contributed by atoms with Gasteiger partial charge in [-0.1, -0.05) is 0 Å². The van der Waals surface area contributed by atoms with Crippen LogP contribution in [0.5, 0.6) is 0 Å². The molecule has 1 saturated heterocycles. The van der Waals surface area contributed by atoms with E-state index in [4.69, 9.17) is 4.74 Å². The number of aryl methyl sites for hydroxylation is 1. The number of nitro groups is 1. The molecule has 7 nitrogen and oxygen atoms in total. The van der Waals surface area contributed by atoms with Crippen LogP contribution >= 0.6 is 0 Å². The number of hydrogen-bond acceptors (Lipinski definition) is 6. The molecule has 7 heteroatoms. The predicted octanol–water partition coefficient (Wildman–Crippen LogP) is 2.22. The molecule has 0 aromatic carbocycles. The molecule has 114 valence electrons. The molecule has 0 spiro atoms. The molecule has 1 aromatic rings. The Hall–Kier alpha value is -2.18. The molecular formula is C14H19N3O4. The molecule has 2 rings (SSSR count). The summed E-state index contributed by atoms with van der Waals surface area (Å²) in [4.78, 5) is 28.3. The first kappa shape index (κ1) is 15.2. The summed E-state index contributed by atoms with van der Waals surface area (Å²) in [5.41, 5.74) is 0.403. The lowest BCUT2D eigenvalue weighted by Crippen LogP contribution is -2.41. The number of carbonyl (C=O) groups is 1. The van der Waals surface area contributed by atoms with Crippen molar-refractivity contribution in [3.8, 4) is 0 Å². The van der Waals surface area contributed by atoms with Gasteiger partial charge in [-0.2, -0.15) is 0 Å². The number of piperidine rings is 1. The van der Waals surface area contributed by atoms with Gasteiger partial charge in [-0.05, 0) is 32.3 Å². The predicted molar refractivity (Wildman–Crippen MR) is 77.2 cm³/mol. The van der Waals surface area contributed by atoms with E-state index in [0.717, 1.165) is 25.8 Å². The van der Waals surface area contributed by atoms with E-state index in [1.807, 2.05) is 0 Å². The van der Waals surface area contributed by atoms with E-state index in [-0.39, 0.29) is 17.7 Å². The van der Waals surface area contributed by atoms with E-state index in [1.54, 1.807) is 13.0 Å². The van der Waals surface area contributed by atoms with Crippen molar-refractivity contribution in [1.82, 2.24) is 4.98 Å². The third-order valence-corrected chi connectivity index (χ3v) is 3.79. The topological polar surface area (TPSA) is 85.6 Å². The fraction of sp³-hybridized carbons (Fsp3) is 0.571. The van der Waals surface area contributed by atoms with Gasteiger partial charge < -0.3 is 9.64 Å². The average molecular weight is 293 g/mol. The second-order valence-electron chi connectivity index (χ2n) is 5.15. The Labute approximate surface area is 123 Å². The van der Waals surface area contributed by atoms with Crippen molar-refractivity contribution in [3.05, 3.63) is 27.9 Å². The summed E-state index contributed by atoms with van der Waals surface area (Å²) in [6.45, 7) is 2.42. The highest BCUT2D eigenvalue weighted by Gasteiger charge is 2.27. The van der Waals surface area contributed by atoms with Crippen LogP contribution in [0.1, 0.15) is 31.4 Å². The number of ether oxygens (including phenoxy) is 1. The molecule has 0 bridgehead atoms. The maximum atomic E-state index is 11.5. The molecule has 1 aliphatic rings. The van der Waals surface area contributed by atoms with E-state index < -0.39 is 4.92 Å². The first-order chi connectivity index (χ1) is 10.0. The first-order valence-corrected chi connectivity index (χ1v) is 6.98. The highest BCUT2D eigenvalue weighted by Crippen LogP contribution is 2.27. The number of anilines is 1. The minimum atomic E-state index is -0.436. The highest BCUT2D eigenvalue weighted by atomic mass is 16.6. The molecule has 0 aliphatic carbocycles. The maximum absolute atomic E-state index is 11.5. The van der Waals surface area contributed by atoms with Gasteiger partial charge in [0.2, 0.25) is 0 Å². The number of rotatable bonds is 4. The molecule has 0 N–H and O–H groups in total. The van der Waals surface area contributed by atoms with Gasteiger partial charge in [0.05, 0.1) is 18.5 Å². The number of pyridine rings is 1. The number of nitrogens with zero attached hydrogens (tertiary/aromatic N) is 3. The summed E-state index contributed by atoms with van der Waals surface area (Å²) >= 11 is 0. The summed E-state index contributed by atoms with van der Waals surface area (Å²) in [6.07, 6.45) is 3.29. The number of esters is 1. The average Bonchev–Trinajstić information content (AvgIpc) is 2.47. The number of methoxy groups -OCH3 is 1. The van der Waals surface area contributed by atoms with Crippen molar-refractivity contribution in [2.45, 2.75) is 38.6 Å². The zero-order valence-corrected chi connectivity index (χ0v) is 12.2. The second-order valence-corrected chi connectivity index (χ2v) is 5.15. The molecular weight excluding hydrogens is 274 g/mol. The van der Waals surface area contributed by atoms with Gasteiger partial charge in [-0.25, -0.2) is 4.98 Å². The van der Waals surface area contributed by atoms with Crippen molar-refractivity contribution in [1.29, 1.82) is 0 Å². The van der Waals surface area contributed by atoms with Crippen LogP contribution in [0, 0.1) is 17.0 Å². The van der Waals surface area contributed by atoms with Gasteiger partial charge in [0.25, 0.3) is 5.69 Å². The van der Waals surface area contributed by atoms with Crippen LogP contribution in [0.25, 0.3) is 0 Å². The first-order valence-electron chi connectivity index (χ1n) is 6.98. The zero-order valence-electron chi connectivity index (χ0n) is 12.2. The third-order valence-electron chi connectivity index (χ3n) is 3.79. The molecule has 21 heavy (non-hydrogen) atoms. The van der Waals surface area contributed by atoms with E-state index in [9.17, 15) is 14.9 Å². The summed E-state index contributed by atoms with van der Waals surface area (Å²) in [5.74, 6) is 0.442. The molecule has 1 aromatic heterocycles. The second kappa shape index (κ2) is 6.51. The molecule has 0 saturated carbocycles. The van der Waals surface area contributed by atoms with Crippen molar-refractivity contribution < 1.29 is 14.5 Å². The fourth-order valence-corrected chi connectivity index (χ4v) is 2.68. The van der Waals surface area contributed by atoms with E-state index in [1.165, 1.54) is 13.2 Å². The smallest absolute Gasteiger partial charge is 0.307 e. The van der Waals surface area contributed by atoms with Gasteiger partial charge in [-0.15, -0.1) is 0 Å². The quantitative estimate of drug-likeness (QED) is 0.480. The van der Waals surface area contributed by atoms with Crippen molar-refractivity contribution >= 4 is 17.5 Å². The standard InChI is InChI=1S/C14H19N3O4/c1-10-12(17(19)20)6-7-13(15-10)16-8-4-3-5-11(16)9-14(18)21-2/h6-7,11H,3-5,8-9H2,1-2H3. The number of hydrogen-bond donors (Lipinski definition) is 0. The molecule has 1 unspecified atom stereocenters. The highest BCUT2D eigenvalue weighted by molar-refractivity contribution is 5.70. The number of carbonyl (C=O) groups excluding carboxylic acids is 1. The Morgan fingerprint density at radius 1 is 1.52 bits per heavy atom. The van der Waals surface area contributed by atoms with Crippen molar-refractivity contribution in [2.75, 3.05) is 18.6 Å². The summed E-state index contributed by atoms with van der Waals surface area (Å²) in [5, 5.41) is 10.8. The molecule has 1 fully saturated rings. The van der Waals surface area contributed by atoms with Crippen LogP contribution in [0.4, 0.5) is 11.5 Å². The lowest BCUT2D eigenvalue weighted by molar-refractivity contribution is -0.385. The Balaban J connectivity index is 2.23. The largest absolute Gasteiger partial charge is 0.469 e. The van der Waals surface area contributed by atoms with Crippen LogP contribution in [0.2, 0.25) is 0 Å². The lowest BCUT2D eigenvalue weighted by atomic mass is 9.99. The molecule has 0 amide bonds. The van der Waals surface area contributed by atoms with Crippen molar-refractivity contribution in [3.63, 3.8) is 0 Å². The normalized spacial score (nSPS) is 18.4. The molecule has 2 heterocycles. The Morgan fingerprint density at radius 3 is 2.90 bits per heavy atom. The minimum absolute atomic E-state index is 0.0141. The van der Waals surface area contributed by atoms with Crippen LogP contribution in [-0.2, 0) is 9.53 Å². The molecule has 1 atom stereocenters. The minimum Gasteiger partial charge on any atom is -0.469 e. The lowest BCUT2D eigenvalue weighted by Gasteiger charge is -2.36. The van der Waals surface area contributed by atoms with Gasteiger partial charge in [-0.3, -0.25) is 14.9 Å². The SMILES string of the molecule is COC(=O)CC1CCCCN1c1ccc([N+](=O)[O-])c(C)n1. The summed E-state index contributed by atoms with van der Waals surface area (Å²) in [6, 6.07) is 3.17. The van der Waals surface area contributed by atoms with Crippen LogP contribution in [0.3, 0.4) is 0 Å². The zero-order chi connectivity index (χ0) is 15.4. The van der Waals surface area contributed by atoms with Crippen LogP contribution in [-0.4, -0.2) is 35.6 Å². The monoisotopic (exact) mass is 293 g/mol. The molecule has 1 aliphatic heterocycles. The number of aromatic nitrogens is 1. The van der Waals surface area contributed by atoms with E-state index >= 15 is 0 Å². The van der Waals surface area contributed by atoms with Gasteiger partial charge in [0, 0.05) is 18.7 Å². The summed E-state index contributed by atoms with van der Waals surface area (Å²) < 4.78 is 4.74. The Kier molecular flexibility index (Phi) is 4.72. The van der Waals surface area contributed by atoms with Crippen LogP contribution in [0.15, 0.2) is 12.1 Å². The van der Waals surface area contributed by atoms with Crippen LogP contribution < -0.4 is 4.90 Å². The van der Waals surface area contributed by atoms with Gasteiger partial charge in [0.1, 0.15) is 11.5 Å². The third kappa shape index (κ3) is 3.48. The van der Waals surface area contributed by atoms with Gasteiger partial charge in [0.15, 0.2) is 0 Å². The van der Waals surface area contributed by atoms with Gasteiger partial charge >= 0.3 is 5.97 Å². The van der Waals surface area contributed by atoms with E-state index in [0.29, 0.717) is 17.9 Å². The summed E-state index contributed by atoms with van der Waals surface area (Å²) in [7, 11) is 1.38. The fourth-order valence-electron chi connectivity index (χ4n) is 2.68. The van der Waals surface area contributed by atoms with Crippen molar-refractivity contribution in [2.24, 2.45) is 0 Å².